The van der Waals surface area contributed by atoms with Crippen LogP contribution in [0.2, 0.25) is 0 Å². The van der Waals surface area contributed by atoms with Gasteiger partial charge < -0.3 is 14.2 Å². The molecule has 32 heavy (non-hydrogen) atoms. The minimum Gasteiger partial charge on any atom is -0.458 e. The summed E-state index contributed by atoms with van der Waals surface area (Å²) in [6.45, 7) is 20.2. The Morgan fingerprint density at radius 1 is 1.31 bits per heavy atom. The Morgan fingerprint density at radius 3 is 2.44 bits per heavy atom. The molecule has 1 aliphatic heterocycles. The Bertz CT molecular complexity index is 883. The van der Waals surface area contributed by atoms with Gasteiger partial charge in [0.05, 0.1) is 11.8 Å². The molecule has 0 radical (unpaired) electrons. The normalized spacial score (nSPS) is 32.9. The Hall–Kier alpha value is -2.96. The number of esters is 3. The van der Waals surface area contributed by atoms with Gasteiger partial charge in [-0.05, 0) is 25.8 Å². The number of ether oxygens (including phenoxy) is 3. The van der Waals surface area contributed by atoms with Crippen molar-refractivity contribution in [1.82, 2.24) is 0 Å². The summed E-state index contributed by atoms with van der Waals surface area (Å²) < 4.78 is 17.3. The number of allylic oxidation sites excluding steroid dienone is 1. The number of hydrogen-bond donors (Lipinski definition) is 0. The maximum Gasteiger partial charge on any atom is 0.334 e. The van der Waals surface area contributed by atoms with E-state index in [2.05, 4.69) is 19.7 Å². The summed E-state index contributed by atoms with van der Waals surface area (Å²) in [7, 11) is 0. The summed E-state index contributed by atoms with van der Waals surface area (Å²) in [4.78, 5) is 49.7. The lowest BCUT2D eigenvalue weighted by atomic mass is 9.57. The molecule has 0 aromatic rings. The van der Waals surface area contributed by atoms with Crippen LogP contribution in [0.3, 0.4) is 0 Å². The summed E-state index contributed by atoms with van der Waals surface area (Å²) in [5, 5.41) is 0. The quantitative estimate of drug-likeness (QED) is 0.186. The van der Waals surface area contributed by atoms with E-state index in [1.165, 1.54) is 6.08 Å². The van der Waals surface area contributed by atoms with Crippen molar-refractivity contribution in [2.75, 3.05) is 0 Å². The van der Waals surface area contributed by atoms with E-state index >= 15 is 0 Å². The van der Waals surface area contributed by atoms with Crippen molar-refractivity contribution in [1.29, 1.82) is 0 Å². The zero-order valence-electron chi connectivity index (χ0n) is 19.4. The van der Waals surface area contributed by atoms with Gasteiger partial charge in [-0.1, -0.05) is 46.1 Å². The predicted molar refractivity (Wildman–Crippen MR) is 118 cm³/mol. The first-order valence-electron chi connectivity index (χ1n) is 10.7. The second-order valence-electron chi connectivity index (χ2n) is 8.67. The lowest BCUT2D eigenvalue weighted by Gasteiger charge is -2.52. The molecular formula is C25H32O7. The molecule has 2 aliphatic rings. The van der Waals surface area contributed by atoms with E-state index in [1.54, 1.807) is 33.8 Å². The second kappa shape index (κ2) is 9.67. The lowest BCUT2D eigenvalue weighted by molar-refractivity contribution is -0.201. The fraction of sp³-hybridized carbons (Fsp3) is 0.520. The molecule has 2 rings (SSSR count). The number of hydrogen-bond acceptors (Lipinski definition) is 7. The molecule has 7 atom stereocenters. The number of carbonyl (C=O) groups is 4. The molecule has 0 aromatic carbocycles. The van der Waals surface area contributed by atoms with Crippen LogP contribution in [0.25, 0.3) is 0 Å². The van der Waals surface area contributed by atoms with Crippen molar-refractivity contribution in [2.24, 2.45) is 23.2 Å². The molecule has 0 spiro atoms. The maximum atomic E-state index is 12.7. The molecule has 1 saturated carbocycles. The van der Waals surface area contributed by atoms with E-state index in [4.69, 9.17) is 14.2 Å². The largest absolute Gasteiger partial charge is 0.458 e. The van der Waals surface area contributed by atoms with Gasteiger partial charge in [0.15, 0.2) is 6.10 Å². The first-order valence-corrected chi connectivity index (χ1v) is 10.7. The number of rotatable bonds is 8. The summed E-state index contributed by atoms with van der Waals surface area (Å²) in [5.74, 6) is -3.77. The Labute approximate surface area is 189 Å². The molecule has 0 bridgehead atoms. The van der Waals surface area contributed by atoms with Crippen molar-refractivity contribution in [3.05, 3.63) is 48.6 Å². The third-order valence-corrected chi connectivity index (χ3v) is 6.77. The van der Waals surface area contributed by atoms with Gasteiger partial charge in [-0.3, -0.25) is 9.59 Å². The van der Waals surface area contributed by atoms with Crippen molar-refractivity contribution in [3.8, 4) is 0 Å². The van der Waals surface area contributed by atoms with E-state index in [-0.39, 0.29) is 17.1 Å². The average molecular weight is 445 g/mol. The van der Waals surface area contributed by atoms with Gasteiger partial charge in [0.1, 0.15) is 18.5 Å². The van der Waals surface area contributed by atoms with Crippen molar-refractivity contribution in [2.45, 2.75) is 59.4 Å². The molecule has 0 amide bonds. The Kier molecular flexibility index (Phi) is 7.65. The Balaban J connectivity index is 2.67. The molecule has 1 heterocycles. The summed E-state index contributed by atoms with van der Waals surface area (Å²) >= 11 is 0. The number of aldehydes is 1. The predicted octanol–water partition coefficient (Wildman–Crippen LogP) is 3.50. The highest BCUT2D eigenvalue weighted by Crippen LogP contribution is 2.54. The lowest BCUT2D eigenvalue weighted by Crippen LogP contribution is -2.62. The van der Waals surface area contributed by atoms with Crippen LogP contribution in [0.5, 0.6) is 0 Å². The summed E-state index contributed by atoms with van der Waals surface area (Å²) in [6, 6.07) is 0. The topological polar surface area (TPSA) is 96.0 Å². The highest BCUT2D eigenvalue weighted by molar-refractivity contribution is 5.92. The molecule has 7 nitrogen and oxygen atoms in total. The molecule has 174 valence electrons. The third kappa shape index (κ3) is 4.20. The fourth-order valence-corrected chi connectivity index (χ4v) is 4.34. The van der Waals surface area contributed by atoms with Crippen LogP contribution in [0.1, 0.15) is 41.0 Å². The average Bonchev–Trinajstić information content (AvgIpc) is 3.08. The van der Waals surface area contributed by atoms with Crippen LogP contribution < -0.4 is 0 Å². The minimum atomic E-state index is -1.12. The molecule has 0 unspecified atom stereocenters. The fourth-order valence-electron chi connectivity index (χ4n) is 4.34. The van der Waals surface area contributed by atoms with Crippen LogP contribution in [0, 0.1) is 23.2 Å². The molecular weight excluding hydrogens is 412 g/mol. The van der Waals surface area contributed by atoms with E-state index in [1.807, 2.05) is 6.92 Å². The third-order valence-electron chi connectivity index (χ3n) is 6.77. The van der Waals surface area contributed by atoms with Crippen LogP contribution in [0.15, 0.2) is 48.6 Å². The summed E-state index contributed by atoms with van der Waals surface area (Å²) in [6.07, 6.45) is 1.34. The van der Waals surface area contributed by atoms with Gasteiger partial charge >= 0.3 is 17.9 Å². The van der Waals surface area contributed by atoms with Crippen molar-refractivity contribution < 1.29 is 33.4 Å². The van der Waals surface area contributed by atoms with Gasteiger partial charge in [-0.2, -0.15) is 0 Å². The van der Waals surface area contributed by atoms with Gasteiger partial charge in [0, 0.05) is 22.5 Å². The second-order valence-corrected chi connectivity index (χ2v) is 8.67. The van der Waals surface area contributed by atoms with Crippen LogP contribution >= 0.6 is 0 Å². The molecule has 1 saturated heterocycles. The molecule has 2 fully saturated rings. The highest BCUT2D eigenvalue weighted by Gasteiger charge is 2.65. The van der Waals surface area contributed by atoms with E-state index < -0.39 is 53.5 Å². The molecule has 7 heteroatoms. The highest BCUT2D eigenvalue weighted by atomic mass is 16.6. The van der Waals surface area contributed by atoms with Gasteiger partial charge in [0.25, 0.3) is 0 Å². The summed E-state index contributed by atoms with van der Waals surface area (Å²) in [5.41, 5.74) is -0.551. The van der Waals surface area contributed by atoms with E-state index in [9.17, 15) is 19.2 Å². The van der Waals surface area contributed by atoms with Crippen LogP contribution in [-0.4, -0.2) is 42.5 Å². The minimum absolute atomic E-state index is 0.0883. The van der Waals surface area contributed by atoms with E-state index in [0.717, 1.165) is 0 Å². The SMILES string of the molecule is C=C[C@@]1(C)[C@H](C(=C)C=O)[C@H](OC(=O)/C(C)=C\C)[C@H]2C(=C)C(=O)O[C@H]2[C@@H]1OC(=O)[C@H](C)CC. The van der Waals surface area contributed by atoms with Crippen molar-refractivity contribution in [3.63, 3.8) is 0 Å². The smallest absolute Gasteiger partial charge is 0.334 e. The van der Waals surface area contributed by atoms with Gasteiger partial charge in [-0.15, -0.1) is 6.58 Å². The Morgan fingerprint density at radius 2 is 1.94 bits per heavy atom. The van der Waals surface area contributed by atoms with Crippen LogP contribution in [-0.2, 0) is 33.4 Å². The van der Waals surface area contributed by atoms with Gasteiger partial charge in [-0.25, -0.2) is 9.59 Å². The zero-order chi connectivity index (χ0) is 24.4. The zero-order valence-corrected chi connectivity index (χ0v) is 19.4. The molecule has 0 aromatic heterocycles. The number of fused-ring (bicyclic) bond motifs is 1. The molecule has 0 N–H and O–H groups in total. The van der Waals surface area contributed by atoms with Gasteiger partial charge in [0.2, 0.25) is 0 Å². The monoisotopic (exact) mass is 444 g/mol. The standard InChI is InChI=1S/C25H32O7/c1-9-13(4)22(27)30-19-17-16(7)24(29)31-20(17)21(32-23(28)14(5)10-2)25(8,11-3)18(19)15(6)12-26/h9,11-12,14,17-21H,3,6-7,10H2,1-2,4-5,8H3/b13-9-/t14-,17-,18-,19-,20-,21+,25+/m1/s1. The first-order chi connectivity index (χ1) is 15.0. The van der Waals surface area contributed by atoms with E-state index in [0.29, 0.717) is 18.3 Å². The number of carbonyl (C=O) groups excluding carboxylic acids is 4. The first kappa shape index (κ1) is 25.3. The molecule has 1 aliphatic carbocycles. The van der Waals surface area contributed by atoms with Crippen molar-refractivity contribution >= 4 is 24.2 Å². The maximum absolute atomic E-state index is 12.7. The van der Waals surface area contributed by atoms with Crippen LogP contribution in [0.4, 0.5) is 0 Å².